The van der Waals surface area contributed by atoms with Crippen LogP contribution < -0.4 is 10.6 Å². The Kier molecular flexibility index (Phi) is 3.67. The van der Waals surface area contributed by atoms with Gasteiger partial charge in [-0.15, -0.1) is 0 Å². The van der Waals surface area contributed by atoms with Crippen LogP contribution in [0.15, 0.2) is 12.1 Å². The molecular weight excluding hydrogens is 210 g/mol. The van der Waals surface area contributed by atoms with Crippen molar-refractivity contribution in [1.82, 2.24) is 4.98 Å². The number of nitrogens with zero attached hydrogens (tertiary/aromatic N) is 2. The lowest BCUT2D eigenvalue weighted by Gasteiger charge is -2.26. The molecule has 1 aromatic rings. The van der Waals surface area contributed by atoms with Crippen molar-refractivity contribution >= 4 is 5.82 Å². The van der Waals surface area contributed by atoms with Crippen LogP contribution >= 0.6 is 0 Å². The van der Waals surface area contributed by atoms with Gasteiger partial charge in [0.25, 0.3) is 0 Å². The molecule has 0 saturated heterocycles. The quantitative estimate of drug-likeness (QED) is 0.849. The van der Waals surface area contributed by atoms with Crippen molar-refractivity contribution in [3.8, 4) is 0 Å². The Balaban J connectivity index is 2.25. The fraction of sp³-hybridized carbons (Fsp3) is 0.643. The molecule has 1 fully saturated rings. The van der Waals surface area contributed by atoms with E-state index < -0.39 is 0 Å². The molecule has 0 aromatic carbocycles. The topological polar surface area (TPSA) is 42.1 Å². The average Bonchev–Trinajstić information content (AvgIpc) is 3.08. The third-order valence-corrected chi connectivity index (χ3v) is 3.08. The van der Waals surface area contributed by atoms with Gasteiger partial charge in [-0.1, -0.05) is 13.8 Å². The summed E-state index contributed by atoms with van der Waals surface area (Å²) >= 11 is 0. The zero-order valence-electron chi connectivity index (χ0n) is 11.1. The number of hydrogen-bond donors (Lipinski definition) is 1. The minimum atomic E-state index is 0.594. The van der Waals surface area contributed by atoms with E-state index in [4.69, 9.17) is 5.73 Å². The molecule has 0 atom stereocenters. The SMILES string of the molecule is Cc1cc(CN)cc(N(CC(C)C)C2CC2)n1. The fourth-order valence-electron chi connectivity index (χ4n) is 2.20. The van der Waals surface area contributed by atoms with E-state index in [0.717, 1.165) is 18.1 Å². The molecule has 3 nitrogen and oxygen atoms in total. The lowest BCUT2D eigenvalue weighted by atomic mass is 10.2. The van der Waals surface area contributed by atoms with Gasteiger partial charge in [0.05, 0.1) is 0 Å². The van der Waals surface area contributed by atoms with Crippen molar-refractivity contribution in [2.24, 2.45) is 11.7 Å². The summed E-state index contributed by atoms with van der Waals surface area (Å²) in [4.78, 5) is 7.12. The number of hydrogen-bond acceptors (Lipinski definition) is 3. The van der Waals surface area contributed by atoms with Gasteiger partial charge in [-0.2, -0.15) is 0 Å². The van der Waals surface area contributed by atoms with Crippen LogP contribution in [0.2, 0.25) is 0 Å². The summed E-state index contributed by atoms with van der Waals surface area (Å²) in [6, 6.07) is 4.93. The van der Waals surface area contributed by atoms with Gasteiger partial charge in [-0.3, -0.25) is 0 Å². The van der Waals surface area contributed by atoms with Gasteiger partial charge in [0.2, 0.25) is 0 Å². The Bertz CT molecular complexity index is 383. The zero-order chi connectivity index (χ0) is 12.4. The number of nitrogens with two attached hydrogens (primary N) is 1. The van der Waals surface area contributed by atoms with Crippen molar-refractivity contribution < 1.29 is 0 Å². The van der Waals surface area contributed by atoms with Crippen LogP contribution in [-0.4, -0.2) is 17.6 Å². The second kappa shape index (κ2) is 5.05. The zero-order valence-corrected chi connectivity index (χ0v) is 11.1. The third kappa shape index (κ3) is 3.19. The van der Waals surface area contributed by atoms with Crippen LogP contribution in [0.25, 0.3) is 0 Å². The number of pyridine rings is 1. The fourth-order valence-corrected chi connectivity index (χ4v) is 2.20. The summed E-state index contributed by atoms with van der Waals surface area (Å²) in [5.41, 5.74) is 7.98. The lowest BCUT2D eigenvalue weighted by Crippen LogP contribution is -2.30. The second-order valence-corrected chi connectivity index (χ2v) is 5.46. The Morgan fingerprint density at radius 2 is 2.12 bits per heavy atom. The molecule has 0 amide bonds. The standard InChI is InChI=1S/C14H23N3/c1-10(2)9-17(13-4-5-13)14-7-12(8-15)6-11(3)16-14/h6-7,10,13H,4-5,8-9,15H2,1-3H3. The van der Waals surface area contributed by atoms with Gasteiger partial charge >= 0.3 is 0 Å². The molecule has 2 N–H and O–H groups in total. The molecule has 0 unspecified atom stereocenters. The third-order valence-electron chi connectivity index (χ3n) is 3.08. The molecule has 1 aliphatic carbocycles. The van der Waals surface area contributed by atoms with Crippen LogP contribution in [0.5, 0.6) is 0 Å². The maximum absolute atomic E-state index is 5.73. The number of rotatable bonds is 5. The Hall–Kier alpha value is -1.09. The highest BCUT2D eigenvalue weighted by molar-refractivity contribution is 5.45. The van der Waals surface area contributed by atoms with Gasteiger partial charge < -0.3 is 10.6 Å². The van der Waals surface area contributed by atoms with E-state index in [1.54, 1.807) is 0 Å². The molecule has 1 heterocycles. The highest BCUT2D eigenvalue weighted by atomic mass is 15.2. The van der Waals surface area contributed by atoms with Gasteiger partial charge in [0.1, 0.15) is 5.82 Å². The summed E-state index contributed by atoms with van der Waals surface area (Å²) in [7, 11) is 0. The molecule has 0 spiro atoms. The normalized spacial score (nSPS) is 15.4. The van der Waals surface area contributed by atoms with Crippen molar-refractivity contribution in [2.75, 3.05) is 11.4 Å². The molecule has 1 aliphatic rings. The largest absolute Gasteiger partial charge is 0.353 e. The van der Waals surface area contributed by atoms with Crippen LogP contribution in [0.3, 0.4) is 0 Å². The van der Waals surface area contributed by atoms with E-state index in [-0.39, 0.29) is 0 Å². The smallest absolute Gasteiger partial charge is 0.129 e. The predicted octanol–water partition coefficient (Wildman–Crippen LogP) is 2.47. The highest BCUT2D eigenvalue weighted by Gasteiger charge is 2.30. The summed E-state index contributed by atoms with van der Waals surface area (Å²) in [6.07, 6.45) is 2.61. The van der Waals surface area contributed by atoms with Gasteiger partial charge in [0, 0.05) is 24.8 Å². The monoisotopic (exact) mass is 233 g/mol. The van der Waals surface area contributed by atoms with Crippen molar-refractivity contribution in [2.45, 2.75) is 46.2 Å². The summed E-state index contributed by atoms with van der Waals surface area (Å²) in [6.45, 7) is 8.24. The van der Waals surface area contributed by atoms with E-state index in [1.807, 2.05) is 6.92 Å². The molecule has 0 aliphatic heterocycles. The molecule has 1 aromatic heterocycles. The van der Waals surface area contributed by atoms with E-state index in [2.05, 4.69) is 35.9 Å². The predicted molar refractivity (Wildman–Crippen MR) is 72.1 cm³/mol. The van der Waals surface area contributed by atoms with E-state index in [1.165, 1.54) is 18.4 Å². The summed E-state index contributed by atoms with van der Waals surface area (Å²) in [5.74, 6) is 1.78. The first kappa shape index (κ1) is 12.4. The summed E-state index contributed by atoms with van der Waals surface area (Å²) in [5, 5.41) is 0. The van der Waals surface area contributed by atoms with Gasteiger partial charge in [-0.25, -0.2) is 4.98 Å². The molecule has 0 radical (unpaired) electrons. The first-order valence-electron chi connectivity index (χ1n) is 6.54. The minimum absolute atomic E-state index is 0.594. The first-order chi connectivity index (χ1) is 8.10. The summed E-state index contributed by atoms with van der Waals surface area (Å²) < 4.78 is 0. The van der Waals surface area contributed by atoms with Crippen LogP contribution in [0.1, 0.15) is 37.9 Å². The molecule has 94 valence electrons. The van der Waals surface area contributed by atoms with Crippen LogP contribution in [-0.2, 0) is 6.54 Å². The number of aryl methyl sites for hydroxylation is 1. The minimum Gasteiger partial charge on any atom is -0.353 e. The van der Waals surface area contributed by atoms with Crippen molar-refractivity contribution in [3.63, 3.8) is 0 Å². The van der Waals surface area contributed by atoms with E-state index in [0.29, 0.717) is 18.5 Å². The molecule has 17 heavy (non-hydrogen) atoms. The maximum Gasteiger partial charge on any atom is 0.129 e. The first-order valence-corrected chi connectivity index (χ1v) is 6.54. The van der Waals surface area contributed by atoms with Gasteiger partial charge in [0.15, 0.2) is 0 Å². The number of anilines is 1. The maximum atomic E-state index is 5.73. The molecule has 2 rings (SSSR count). The van der Waals surface area contributed by atoms with E-state index >= 15 is 0 Å². The molecule has 3 heteroatoms. The molecule has 0 bridgehead atoms. The van der Waals surface area contributed by atoms with Crippen molar-refractivity contribution in [3.05, 3.63) is 23.4 Å². The molecule has 1 saturated carbocycles. The highest BCUT2D eigenvalue weighted by Crippen LogP contribution is 2.31. The van der Waals surface area contributed by atoms with Crippen LogP contribution in [0, 0.1) is 12.8 Å². The van der Waals surface area contributed by atoms with Crippen molar-refractivity contribution in [1.29, 1.82) is 0 Å². The molecular formula is C14H23N3. The Labute approximate surface area is 104 Å². The van der Waals surface area contributed by atoms with Crippen LogP contribution in [0.4, 0.5) is 5.82 Å². The Morgan fingerprint density at radius 1 is 1.41 bits per heavy atom. The van der Waals surface area contributed by atoms with Gasteiger partial charge in [-0.05, 0) is 43.4 Å². The second-order valence-electron chi connectivity index (χ2n) is 5.46. The number of aromatic nitrogens is 1. The van der Waals surface area contributed by atoms with E-state index in [9.17, 15) is 0 Å². The lowest BCUT2D eigenvalue weighted by molar-refractivity contribution is 0.602. The Morgan fingerprint density at radius 3 is 2.65 bits per heavy atom. The average molecular weight is 233 g/mol.